The molecular formula is C25H28N4O5S. The molecule has 35 heavy (non-hydrogen) atoms. The zero-order valence-electron chi connectivity index (χ0n) is 19.4. The summed E-state index contributed by atoms with van der Waals surface area (Å²) < 4.78 is 27.4. The minimum atomic E-state index is -4.02. The van der Waals surface area contributed by atoms with E-state index < -0.39 is 22.0 Å². The highest BCUT2D eigenvalue weighted by Gasteiger charge is 2.38. The molecule has 2 aliphatic rings. The van der Waals surface area contributed by atoms with Gasteiger partial charge in [-0.1, -0.05) is 35.9 Å². The van der Waals surface area contributed by atoms with E-state index in [9.17, 15) is 22.8 Å². The van der Waals surface area contributed by atoms with Crippen LogP contribution in [0.15, 0.2) is 71.9 Å². The van der Waals surface area contributed by atoms with E-state index in [-0.39, 0.29) is 29.2 Å². The normalized spacial score (nSPS) is 18.8. The SMILES string of the molecule is Cc1ccc(S(=O)(=O)N2C=CNC(=O)[C@H]2CC(=O)N2CCC(NC(=O)c3ccccc3)CC2)cc1. The van der Waals surface area contributed by atoms with E-state index in [1.54, 1.807) is 41.3 Å². The largest absolute Gasteiger partial charge is 0.349 e. The molecule has 9 nitrogen and oxygen atoms in total. The van der Waals surface area contributed by atoms with E-state index in [4.69, 9.17) is 0 Å². The molecule has 0 saturated carbocycles. The van der Waals surface area contributed by atoms with Gasteiger partial charge >= 0.3 is 0 Å². The maximum atomic E-state index is 13.2. The molecule has 3 amide bonds. The number of benzene rings is 2. The fraction of sp³-hybridized carbons (Fsp3) is 0.320. The Kier molecular flexibility index (Phi) is 7.20. The van der Waals surface area contributed by atoms with Crippen molar-refractivity contribution in [2.45, 2.75) is 43.2 Å². The van der Waals surface area contributed by atoms with E-state index in [1.165, 1.54) is 24.5 Å². The van der Waals surface area contributed by atoms with Crippen LogP contribution in [0.2, 0.25) is 0 Å². The number of carbonyl (C=O) groups is 3. The molecule has 4 rings (SSSR count). The maximum Gasteiger partial charge on any atom is 0.264 e. The molecule has 0 unspecified atom stereocenters. The first-order valence-corrected chi connectivity index (χ1v) is 12.9. The van der Waals surface area contributed by atoms with Crippen LogP contribution >= 0.6 is 0 Å². The molecule has 0 bridgehead atoms. The zero-order valence-corrected chi connectivity index (χ0v) is 20.2. The van der Waals surface area contributed by atoms with Gasteiger partial charge in [-0.3, -0.25) is 18.7 Å². The molecule has 1 fully saturated rings. The van der Waals surface area contributed by atoms with Crippen molar-refractivity contribution in [1.82, 2.24) is 19.8 Å². The van der Waals surface area contributed by atoms with Crippen molar-refractivity contribution < 1.29 is 22.8 Å². The number of likely N-dealkylation sites (tertiary alicyclic amines) is 1. The van der Waals surface area contributed by atoms with Crippen LogP contribution in [0.25, 0.3) is 0 Å². The van der Waals surface area contributed by atoms with Crippen molar-refractivity contribution in [3.63, 3.8) is 0 Å². The molecule has 1 saturated heterocycles. The smallest absolute Gasteiger partial charge is 0.264 e. The van der Waals surface area contributed by atoms with Crippen LogP contribution in [0, 0.1) is 6.92 Å². The Morgan fingerprint density at radius 3 is 2.34 bits per heavy atom. The molecular weight excluding hydrogens is 468 g/mol. The highest BCUT2D eigenvalue weighted by molar-refractivity contribution is 7.89. The maximum absolute atomic E-state index is 13.2. The van der Waals surface area contributed by atoms with Crippen molar-refractivity contribution in [1.29, 1.82) is 0 Å². The Labute approximate surface area is 204 Å². The van der Waals surface area contributed by atoms with Gasteiger partial charge in [-0.15, -0.1) is 0 Å². The number of piperidine rings is 1. The molecule has 2 aromatic rings. The van der Waals surface area contributed by atoms with Gasteiger partial charge in [0.25, 0.3) is 15.9 Å². The summed E-state index contributed by atoms with van der Waals surface area (Å²) in [6.07, 6.45) is 3.41. The third-order valence-electron chi connectivity index (χ3n) is 6.24. The molecule has 0 radical (unpaired) electrons. The summed E-state index contributed by atoms with van der Waals surface area (Å²) in [7, 11) is -4.02. The molecule has 2 aliphatic heterocycles. The van der Waals surface area contributed by atoms with Crippen molar-refractivity contribution in [3.05, 3.63) is 78.1 Å². The van der Waals surface area contributed by atoms with Gasteiger partial charge in [0.15, 0.2) is 0 Å². The number of amides is 3. The van der Waals surface area contributed by atoms with E-state index in [0.717, 1.165) is 9.87 Å². The molecule has 0 spiro atoms. The number of carbonyl (C=O) groups excluding carboxylic acids is 3. The van der Waals surface area contributed by atoms with Gasteiger partial charge in [0, 0.05) is 37.1 Å². The molecule has 1 atom stereocenters. The van der Waals surface area contributed by atoms with Crippen molar-refractivity contribution >= 4 is 27.7 Å². The van der Waals surface area contributed by atoms with Gasteiger partial charge in [-0.2, -0.15) is 0 Å². The molecule has 0 aromatic heterocycles. The topological polar surface area (TPSA) is 116 Å². The van der Waals surface area contributed by atoms with Crippen LogP contribution in [0.3, 0.4) is 0 Å². The second-order valence-corrected chi connectivity index (χ2v) is 10.5. The minimum Gasteiger partial charge on any atom is -0.349 e. The first kappa shape index (κ1) is 24.5. The average molecular weight is 497 g/mol. The lowest BCUT2D eigenvalue weighted by molar-refractivity contribution is -0.136. The third-order valence-corrected chi connectivity index (χ3v) is 8.04. The van der Waals surface area contributed by atoms with Crippen LogP contribution in [0.1, 0.15) is 35.2 Å². The number of hydrogen-bond acceptors (Lipinski definition) is 5. The quantitative estimate of drug-likeness (QED) is 0.632. The first-order valence-electron chi connectivity index (χ1n) is 11.5. The number of hydrogen-bond donors (Lipinski definition) is 2. The monoisotopic (exact) mass is 496 g/mol. The summed E-state index contributed by atoms with van der Waals surface area (Å²) >= 11 is 0. The van der Waals surface area contributed by atoms with Crippen LogP contribution in [0.4, 0.5) is 0 Å². The van der Waals surface area contributed by atoms with Crippen molar-refractivity contribution in [3.8, 4) is 0 Å². The van der Waals surface area contributed by atoms with E-state index in [2.05, 4.69) is 10.6 Å². The average Bonchev–Trinajstić information content (AvgIpc) is 2.86. The van der Waals surface area contributed by atoms with Gasteiger partial charge in [0.2, 0.25) is 11.8 Å². The Morgan fingerprint density at radius 1 is 1.03 bits per heavy atom. The number of nitrogens with zero attached hydrogens (tertiary/aromatic N) is 2. The van der Waals surface area contributed by atoms with Gasteiger partial charge in [0.05, 0.1) is 11.3 Å². The van der Waals surface area contributed by atoms with E-state index in [1.807, 2.05) is 13.0 Å². The predicted molar refractivity (Wildman–Crippen MR) is 129 cm³/mol. The lowest BCUT2D eigenvalue weighted by atomic mass is 10.0. The van der Waals surface area contributed by atoms with Crippen molar-refractivity contribution in [2.75, 3.05) is 13.1 Å². The van der Waals surface area contributed by atoms with Crippen LogP contribution in [0.5, 0.6) is 0 Å². The molecule has 0 aliphatic carbocycles. The highest BCUT2D eigenvalue weighted by atomic mass is 32.2. The lowest BCUT2D eigenvalue weighted by Crippen LogP contribution is -2.52. The fourth-order valence-electron chi connectivity index (χ4n) is 4.20. The van der Waals surface area contributed by atoms with Gasteiger partial charge < -0.3 is 15.5 Å². The van der Waals surface area contributed by atoms with Crippen LogP contribution < -0.4 is 10.6 Å². The molecule has 2 aromatic carbocycles. The summed E-state index contributed by atoms with van der Waals surface area (Å²) in [4.78, 5) is 39.7. The predicted octanol–water partition coefficient (Wildman–Crippen LogP) is 1.77. The second kappa shape index (κ2) is 10.3. The molecule has 184 valence electrons. The summed E-state index contributed by atoms with van der Waals surface area (Å²) in [6, 6.07) is 14.0. The first-order chi connectivity index (χ1) is 16.8. The number of aryl methyl sites for hydroxylation is 1. The Balaban J connectivity index is 1.38. The Bertz CT molecular complexity index is 1220. The fourth-order valence-corrected chi connectivity index (χ4v) is 5.65. The van der Waals surface area contributed by atoms with Gasteiger partial charge in [0.1, 0.15) is 6.04 Å². The minimum absolute atomic E-state index is 0.0508. The molecule has 2 N–H and O–H groups in total. The number of nitrogens with one attached hydrogen (secondary N) is 2. The number of rotatable bonds is 6. The number of sulfonamides is 1. The van der Waals surface area contributed by atoms with Gasteiger partial charge in [-0.05, 0) is 44.0 Å². The summed E-state index contributed by atoms with van der Waals surface area (Å²) in [6.45, 7) is 2.67. The van der Waals surface area contributed by atoms with E-state index in [0.29, 0.717) is 31.5 Å². The molecule has 10 heteroatoms. The Morgan fingerprint density at radius 2 is 1.69 bits per heavy atom. The second-order valence-electron chi connectivity index (χ2n) is 8.69. The van der Waals surface area contributed by atoms with Gasteiger partial charge in [-0.25, -0.2) is 8.42 Å². The highest BCUT2D eigenvalue weighted by Crippen LogP contribution is 2.24. The zero-order chi connectivity index (χ0) is 25.0. The standard InChI is InChI=1S/C25H28N4O5S/c1-18-7-9-21(10-8-18)35(33,34)29-16-13-26-25(32)22(29)17-23(30)28-14-11-20(12-15-28)27-24(31)19-5-3-2-4-6-19/h2-10,13,16,20,22H,11-12,14-15,17H2,1H3,(H,26,32)(H,27,31)/t22-/m1/s1. The van der Waals surface area contributed by atoms with Crippen LogP contribution in [-0.2, 0) is 19.6 Å². The summed E-state index contributed by atoms with van der Waals surface area (Å²) in [5, 5.41) is 5.50. The summed E-state index contributed by atoms with van der Waals surface area (Å²) in [5.41, 5.74) is 1.49. The summed E-state index contributed by atoms with van der Waals surface area (Å²) in [5.74, 6) is -1.02. The van der Waals surface area contributed by atoms with Crippen molar-refractivity contribution in [2.24, 2.45) is 0 Å². The molecule has 2 heterocycles. The lowest BCUT2D eigenvalue weighted by Gasteiger charge is -2.35. The van der Waals surface area contributed by atoms with E-state index >= 15 is 0 Å². The van der Waals surface area contributed by atoms with Crippen LogP contribution in [-0.4, -0.2) is 60.5 Å². The Hall–Kier alpha value is -3.66. The third kappa shape index (κ3) is 5.54.